The number of hydrogen-bond acceptors (Lipinski definition) is 2. The van der Waals surface area contributed by atoms with E-state index in [0.717, 1.165) is 17.9 Å². The third-order valence-electron chi connectivity index (χ3n) is 4.66. The molecule has 2 atom stereocenters. The summed E-state index contributed by atoms with van der Waals surface area (Å²) in [6.07, 6.45) is 8.65. The predicted octanol–water partition coefficient (Wildman–Crippen LogP) is 2.89. The van der Waals surface area contributed by atoms with E-state index < -0.39 is 0 Å². The second-order valence-electron chi connectivity index (χ2n) is 6.35. The van der Waals surface area contributed by atoms with E-state index in [2.05, 4.69) is 24.1 Å². The van der Waals surface area contributed by atoms with Gasteiger partial charge < -0.3 is 10.2 Å². The molecule has 1 N–H and O–H groups in total. The molecule has 0 radical (unpaired) electrons. The van der Waals surface area contributed by atoms with Gasteiger partial charge in [-0.05, 0) is 64.1 Å². The van der Waals surface area contributed by atoms with Gasteiger partial charge in [0.2, 0.25) is 0 Å². The molecule has 2 aliphatic rings. The Kier molecular flexibility index (Phi) is 5.30. The highest BCUT2D eigenvalue weighted by Gasteiger charge is 2.22. The summed E-state index contributed by atoms with van der Waals surface area (Å²) in [6, 6.07) is 0.735. The van der Waals surface area contributed by atoms with Crippen molar-refractivity contribution in [2.45, 2.75) is 58.4 Å². The summed E-state index contributed by atoms with van der Waals surface area (Å²) in [4.78, 5) is 2.63. The molecule has 0 spiro atoms. The van der Waals surface area contributed by atoms with E-state index in [-0.39, 0.29) is 0 Å². The van der Waals surface area contributed by atoms with Crippen LogP contribution in [0.25, 0.3) is 0 Å². The van der Waals surface area contributed by atoms with Gasteiger partial charge in [0.05, 0.1) is 0 Å². The Morgan fingerprint density at radius 2 is 1.71 bits per heavy atom. The van der Waals surface area contributed by atoms with Crippen LogP contribution in [0.2, 0.25) is 0 Å². The molecule has 100 valence electrons. The fourth-order valence-corrected chi connectivity index (χ4v) is 3.48. The van der Waals surface area contributed by atoms with Gasteiger partial charge in [-0.3, -0.25) is 0 Å². The van der Waals surface area contributed by atoms with E-state index in [1.807, 2.05) is 0 Å². The lowest BCUT2D eigenvalue weighted by Gasteiger charge is -2.25. The van der Waals surface area contributed by atoms with Crippen molar-refractivity contribution in [2.24, 2.45) is 11.8 Å². The molecule has 2 nitrogen and oxygen atoms in total. The quantitative estimate of drug-likeness (QED) is 0.765. The predicted molar refractivity (Wildman–Crippen MR) is 74.3 cm³/mol. The maximum Gasteiger partial charge on any atom is 0.00671 e. The van der Waals surface area contributed by atoms with Crippen molar-refractivity contribution in [1.29, 1.82) is 0 Å². The van der Waals surface area contributed by atoms with Crippen LogP contribution in [0, 0.1) is 11.8 Å². The number of nitrogens with zero attached hydrogens (tertiary/aromatic N) is 1. The van der Waals surface area contributed by atoms with Crippen LogP contribution in [0.3, 0.4) is 0 Å². The van der Waals surface area contributed by atoms with Crippen molar-refractivity contribution in [2.75, 3.05) is 26.2 Å². The van der Waals surface area contributed by atoms with Crippen LogP contribution in [0.15, 0.2) is 0 Å². The molecule has 2 rings (SSSR count). The Morgan fingerprint density at radius 3 is 2.35 bits per heavy atom. The van der Waals surface area contributed by atoms with Crippen molar-refractivity contribution in [3.8, 4) is 0 Å². The van der Waals surface area contributed by atoms with Crippen LogP contribution in [0.4, 0.5) is 0 Å². The summed E-state index contributed by atoms with van der Waals surface area (Å²) in [6.45, 7) is 9.95. The highest BCUT2D eigenvalue weighted by molar-refractivity contribution is 4.78. The average molecular weight is 238 g/mol. The summed E-state index contributed by atoms with van der Waals surface area (Å²) < 4.78 is 0. The molecule has 2 unspecified atom stereocenters. The first-order valence-corrected chi connectivity index (χ1v) is 7.71. The largest absolute Gasteiger partial charge is 0.314 e. The lowest BCUT2D eigenvalue weighted by Crippen LogP contribution is -2.38. The second-order valence-corrected chi connectivity index (χ2v) is 6.35. The topological polar surface area (TPSA) is 15.3 Å². The summed E-state index contributed by atoms with van der Waals surface area (Å²) in [5.41, 5.74) is 0. The first-order chi connectivity index (χ1) is 8.25. The molecule has 0 bridgehead atoms. The van der Waals surface area contributed by atoms with E-state index in [4.69, 9.17) is 0 Å². The van der Waals surface area contributed by atoms with Crippen LogP contribution in [-0.4, -0.2) is 37.1 Å². The molecule has 2 fully saturated rings. The Labute approximate surface area is 107 Å². The van der Waals surface area contributed by atoms with Crippen LogP contribution in [-0.2, 0) is 0 Å². The molecule has 0 aromatic carbocycles. The fourth-order valence-electron chi connectivity index (χ4n) is 3.48. The summed E-state index contributed by atoms with van der Waals surface area (Å²) in [7, 11) is 0. The number of rotatable bonds is 6. The lowest BCUT2D eigenvalue weighted by atomic mass is 9.99. The molecular formula is C15H30N2. The van der Waals surface area contributed by atoms with Gasteiger partial charge in [0.15, 0.2) is 0 Å². The Morgan fingerprint density at radius 1 is 1.06 bits per heavy atom. The Balaban J connectivity index is 1.59. The number of likely N-dealkylation sites (tertiary alicyclic amines) is 1. The van der Waals surface area contributed by atoms with Crippen molar-refractivity contribution in [3.05, 3.63) is 0 Å². The van der Waals surface area contributed by atoms with Crippen molar-refractivity contribution in [3.63, 3.8) is 0 Å². The molecule has 1 saturated heterocycles. The van der Waals surface area contributed by atoms with Gasteiger partial charge in [0, 0.05) is 12.6 Å². The van der Waals surface area contributed by atoms with Crippen LogP contribution in [0.1, 0.15) is 52.4 Å². The average Bonchev–Trinajstić information content (AvgIpc) is 2.97. The standard InChI is InChI=1S/C15H30N2/c1-13(12-17-9-5-6-10-17)11-16-14(2)15-7-3-4-8-15/h13-16H,3-12H2,1-2H3. The monoisotopic (exact) mass is 238 g/mol. The van der Waals surface area contributed by atoms with Crippen molar-refractivity contribution < 1.29 is 0 Å². The SMILES string of the molecule is CC(CNC(C)C1CCCC1)CN1CCCC1. The summed E-state index contributed by atoms with van der Waals surface area (Å²) in [5, 5.41) is 3.77. The minimum Gasteiger partial charge on any atom is -0.314 e. The maximum absolute atomic E-state index is 3.77. The zero-order valence-corrected chi connectivity index (χ0v) is 11.8. The zero-order valence-electron chi connectivity index (χ0n) is 11.8. The Hall–Kier alpha value is -0.0800. The van der Waals surface area contributed by atoms with E-state index in [0.29, 0.717) is 0 Å². The van der Waals surface area contributed by atoms with Crippen LogP contribution < -0.4 is 5.32 Å². The highest BCUT2D eigenvalue weighted by Crippen LogP contribution is 2.27. The van der Waals surface area contributed by atoms with E-state index in [9.17, 15) is 0 Å². The summed E-state index contributed by atoms with van der Waals surface area (Å²) in [5.74, 6) is 1.76. The molecule has 1 aliphatic carbocycles. The van der Waals surface area contributed by atoms with Crippen LogP contribution in [0.5, 0.6) is 0 Å². The lowest BCUT2D eigenvalue weighted by molar-refractivity contribution is 0.269. The minimum absolute atomic E-state index is 0.735. The summed E-state index contributed by atoms with van der Waals surface area (Å²) >= 11 is 0. The first kappa shape index (κ1) is 13.4. The molecular weight excluding hydrogens is 208 g/mol. The normalized spacial score (nSPS) is 26.5. The van der Waals surface area contributed by atoms with E-state index in [1.165, 1.54) is 64.7 Å². The van der Waals surface area contributed by atoms with Gasteiger partial charge >= 0.3 is 0 Å². The molecule has 1 aliphatic heterocycles. The zero-order chi connectivity index (χ0) is 12.1. The van der Waals surface area contributed by atoms with Gasteiger partial charge in [0.25, 0.3) is 0 Å². The molecule has 17 heavy (non-hydrogen) atoms. The van der Waals surface area contributed by atoms with E-state index >= 15 is 0 Å². The number of nitrogens with one attached hydrogen (secondary N) is 1. The van der Waals surface area contributed by atoms with Gasteiger partial charge in [-0.2, -0.15) is 0 Å². The Bertz CT molecular complexity index is 205. The second kappa shape index (κ2) is 6.75. The molecule has 1 saturated carbocycles. The molecule has 0 aromatic heterocycles. The van der Waals surface area contributed by atoms with Gasteiger partial charge in [-0.15, -0.1) is 0 Å². The van der Waals surface area contributed by atoms with Crippen LogP contribution >= 0.6 is 0 Å². The fraction of sp³-hybridized carbons (Fsp3) is 1.00. The molecule has 0 amide bonds. The highest BCUT2D eigenvalue weighted by atomic mass is 15.1. The molecule has 0 aromatic rings. The third kappa shape index (κ3) is 4.26. The third-order valence-corrected chi connectivity index (χ3v) is 4.66. The van der Waals surface area contributed by atoms with Crippen molar-refractivity contribution >= 4 is 0 Å². The molecule has 1 heterocycles. The van der Waals surface area contributed by atoms with Crippen molar-refractivity contribution in [1.82, 2.24) is 10.2 Å². The maximum atomic E-state index is 3.77. The van der Waals surface area contributed by atoms with Gasteiger partial charge in [-0.25, -0.2) is 0 Å². The first-order valence-electron chi connectivity index (χ1n) is 7.71. The smallest absolute Gasteiger partial charge is 0.00671 e. The minimum atomic E-state index is 0.735. The van der Waals surface area contributed by atoms with Gasteiger partial charge in [0.1, 0.15) is 0 Å². The van der Waals surface area contributed by atoms with E-state index in [1.54, 1.807) is 0 Å². The molecule has 2 heteroatoms. The number of hydrogen-bond donors (Lipinski definition) is 1. The van der Waals surface area contributed by atoms with Gasteiger partial charge in [-0.1, -0.05) is 19.8 Å².